The first kappa shape index (κ1) is 15.8. The molecule has 0 saturated carbocycles. The van der Waals surface area contributed by atoms with Gasteiger partial charge in [0.15, 0.2) is 0 Å². The van der Waals surface area contributed by atoms with Crippen molar-refractivity contribution in [1.29, 1.82) is 0 Å². The highest BCUT2D eigenvalue weighted by atomic mass is 14.5. The van der Waals surface area contributed by atoms with Gasteiger partial charge in [0.05, 0.1) is 0 Å². The summed E-state index contributed by atoms with van der Waals surface area (Å²) in [7, 11) is 0. The zero-order valence-corrected chi connectivity index (χ0v) is 13.4. The van der Waals surface area contributed by atoms with Gasteiger partial charge in [0.2, 0.25) is 0 Å². The third-order valence-corrected chi connectivity index (χ3v) is 4.25. The van der Waals surface area contributed by atoms with Crippen molar-refractivity contribution in [3.63, 3.8) is 0 Å². The number of benzene rings is 2. The quantitative estimate of drug-likeness (QED) is 0.884. The SMILES string of the molecule is CCc1cc2c(cc1CC)CCC2.NCc1ccccc1. The first-order valence-corrected chi connectivity index (χ1v) is 8.16. The van der Waals surface area contributed by atoms with Crippen LogP contribution in [0.15, 0.2) is 42.5 Å². The van der Waals surface area contributed by atoms with Gasteiger partial charge in [0.1, 0.15) is 0 Å². The topological polar surface area (TPSA) is 26.0 Å². The molecular formula is C20H27N. The highest BCUT2D eigenvalue weighted by Crippen LogP contribution is 2.26. The zero-order chi connectivity index (χ0) is 15.1. The average Bonchev–Trinajstić information content (AvgIpc) is 3.02. The predicted octanol–water partition coefficient (Wildman–Crippen LogP) is 4.45. The normalized spacial score (nSPS) is 12.5. The van der Waals surface area contributed by atoms with Gasteiger partial charge in [0, 0.05) is 6.54 Å². The molecule has 1 aliphatic rings. The van der Waals surface area contributed by atoms with Gasteiger partial charge in [-0.3, -0.25) is 0 Å². The summed E-state index contributed by atoms with van der Waals surface area (Å²) in [6.45, 7) is 5.16. The van der Waals surface area contributed by atoms with E-state index in [1.165, 1.54) is 37.7 Å². The zero-order valence-electron chi connectivity index (χ0n) is 13.4. The smallest absolute Gasteiger partial charge is 0.0178 e. The van der Waals surface area contributed by atoms with Gasteiger partial charge in [0.25, 0.3) is 0 Å². The molecule has 1 heteroatoms. The van der Waals surface area contributed by atoms with Gasteiger partial charge < -0.3 is 5.73 Å². The Morgan fingerprint density at radius 3 is 1.76 bits per heavy atom. The minimum atomic E-state index is 0.640. The van der Waals surface area contributed by atoms with Crippen molar-refractivity contribution in [2.45, 2.75) is 52.5 Å². The van der Waals surface area contributed by atoms with E-state index in [9.17, 15) is 0 Å². The number of aryl methyl sites for hydroxylation is 4. The molecule has 0 aliphatic heterocycles. The van der Waals surface area contributed by atoms with Crippen LogP contribution >= 0.6 is 0 Å². The summed E-state index contributed by atoms with van der Waals surface area (Å²) in [6, 6.07) is 14.9. The molecule has 0 amide bonds. The first-order valence-electron chi connectivity index (χ1n) is 8.16. The lowest BCUT2D eigenvalue weighted by molar-refractivity contribution is 0.911. The van der Waals surface area contributed by atoms with Crippen LogP contribution in [0.5, 0.6) is 0 Å². The van der Waals surface area contributed by atoms with Crippen LogP contribution in [0.1, 0.15) is 48.1 Å². The van der Waals surface area contributed by atoms with Crippen LogP contribution < -0.4 is 5.73 Å². The molecule has 0 unspecified atom stereocenters. The van der Waals surface area contributed by atoms with Crippen molar-refractivity contribution in [3.8, 4) is 0 Å². The van der Waals surface area contributed by atoms with Crippen molar-refractivity contribution < 1.29 is 0 Å². The molecule has 0 radical (unpaired) electrons. The molecule has 112 valence electrons. The van der Waals surface area contributed by atoms with E-state index in [0.29, 0.717) is 6.54 Å². The number of rotatable bonds is 3. The van der Waals surface area contributed by atoms with Crippen LogP contribution in [0, 0.1) is 0 Å². The van der Waals surface area contributed by atoms with Crippen LogP contribution in [0.25, 0.3) is 0 Å². The van der Waals surface area contributed by atoms with Crippen molar-refractivity contribution in [1.82, 2.24) is 0 Å². The highest BCUT2D eigenvalue weighted by Gasteiger charge is 2.12. The van der Waals surface area contributed by atoms with Gasteiger partial charge >= 0.3 is 0 Å². The van der Waals surface area contributed by atoms with E-state index in [2.05, 4.69) is 26.0 Å². The minimum absolute atomic E-state index is 0.640. The number of nitrogens with two attached hydrogens (primary N) is 1. The summed E-state index contributed by atoms with van der Waals surface area (Å²) in [5.74, 6) is 0. The Morgan fingerprint density at radius 1 is 0.857 bits per heavy atom. The summed E-state index contributed by atoms with van der Waals surface area (Å²) >= 11 is 0. The Kier molecular flexibility index (Phi) is 6.01. The van der Waals surface area contributed by atoms with Crippen LogP contribution in [0.2, 0.25) is 0 Å². The molecule has 21 heavy (non-hydrogen) atoms. The van der Waals surface area contributed by atoms with Gasteiger partial charge in [-0.1, -0.05) is 56.3 Å². The molecule has 0 saturated heterocycles. The summed E-state index contributed by atoms with van der Waals surface area (Å²) in [5, 5.41) is 0. The van der Waals surface area contributed by atoms with Crippen LogP contribution in [-0.4, -0.2) is 0 Å². The fraction of sp³-hybridized carbons (Fsp3) is 0.400. The van der Waals surface area contributed by atoms with Gasteiger partial charge in [-0.05, 0) is 59.9 Å². The second-order valence-electron chi connectivity index (χ2n) is 5.64. The first-order chi connectivity index (χ1) is 10.3. The Morgan fingerprint density at radius 2 is 1.38 bits per heavy atom. The van der Waals surface area contributed by atoms with Gasteiger partial charge in [-0.15, -0.1) is 0 Å². The van der Waals surface area contributed by atoms with E-state index in [-0.39, 0.29) is 0 Å². The van der Waals surface area contributed by atoms with Crippen LogP contribution in [0.4, 0.5) is 0 Å². The maximum absolute atomic E-state index is 5.35. The largest absolute Gasteiger partial charge is 0.326 e. The summed E-state index contributed by atoms with van der Waals surface area (Å²) < 4.78 is 0. The number of fused-ring (bicyclic) bond motifs is 1. The lowest BCUT2D eigenvalue weighted by Crippen LogP contribution is -1.94. The van der Waals surface area contributed by atoms with Crippen molar-refractivity contribution in [3.05, 3.63) is 70.3 Å². The fourth-order valence-electron chi connectivity index (χ4n) is 3.00. The molecule has 2 N–H and O–H groups in total. The molecule has 0 heterocycles. The predicted molar refractivity (Wildman–Crippen MR) is 91.6 cm³/mol. The van der Waals surface area contributed by atoms with Crippen molar-refractivity contribution in [2.24, 2.45) is 5.73 Å². The molecule has 1 nitrogen and oxygen atoms in total. The van der Waals surface area contributed by atoms with E-state index in [1.54, 1.807) is 22.3 Å². The Labute approximate surface area is 129 Å². The summed E-state index contributed by atoms with van der Waals surface area (Å²) in [6.07, 6.45) is 6.37. The molecule has 2 aromatic carbocycles. The van der Waals surface area contributed by atoms with Crippen molar-refractivity contribution in [2.75, 3.05) is 0 Å². The minimum Gasteiger partial charge on any atom is -0.326 e. The van der Waals surface area contributed by atoms with E-state index in [0.717, 1.165) is 0 Å². The monoisotopic (exact) mass is 281 g/mol. The van der Waals surface area contributed by atoms with E-state index >= 15 is 0 Å². The highest BCUT2D eigenvalue weighted by molar-refractivity contribution is 5.41. The van der Waals surface area contributed by atoms with Crippen LogP contribution in [-0.2, 0) is 32.2 Å². The maximum atomic E-state index is 5.35. The number of hydrogen-bond acceptors (Lipinski definition) is 1. The molecule has 3 rings (SSSR count). The van der Waals surface area contributed by atoms with Gasteiger partial charge in [-0.25, -0.2) is 0 Å². The summed E-state index contributed by atoms with van der Waals surface area (Å²) in [5.41, 5.74) is 12.9. The molecule has 0 fully saturated rings. The van der Waals surface area contributed by atoms with Gasteiger partial charge in [-0.2, -0.15) is 0 Å². The molecule has 0 bridgehead atoms. The third-order valence-electron chi connectivity index (χ3n) is 4.25. The lowest BCUT2D eigenvalue weighted by Gasteiger charge is -2.09. The van der Waals surface area contributed by atoms with E-state index in [4.69, 9.17) is 5.73 Å². The van der Waals surface area contributed by atoms with Crippen molar-refractivity contribution >= 4 is 0 Å². The average molecular weight is 281 g/mol. The maximum Gasteiger partial charge on any atom is 0.0178 e. The second kappa shape index (κ2) is 7.99. The second-order valence-corrected chi connectivity index (χ2v) is 5.64. The van der Waals surface area contributed by atoms with E-state index < -0.39 is 0 Å². The molecule has 2 aromatic rings. The van der Waals surface area contributed by atoms with E-state index in [1.807, 2.05) is 30.3 Å². The fourth-order valence-corrected chi connectivity index (χ4v) is 3.00. The van der Waals surface area contributed by atoms with Crippen LogP contribution in [0.3, 0.4) is 0 Å². The molecule has 0 aromatic heterocycles. The lowest BCUT2D eigenvalue weighted by atomic mass is 9.97. The third kappa shape index (κ3) is 4.18. The molecule has 0 spiro atoms. The number of hydrogen-bond donors (Lipinski definition) is 1. The molecular weight excluding hydrogens is 254 g/mol. The summed E-state index contributed by atoms with van der Waals surface area (Å²) in [4.78, 5) is 0. The Bertz CT molecular complexity index is 527. The molecule has 0 atom stereocenters. The Hall–Kier alpha value is -1.60. The molecule has 1 aliphatic carbocycles. The Balaban J connectivity index is 0.000000173. The standard InChI is InChI=1S/C13H18.C7H9N/c1-3-10-8-12-6-5-7-13(12)9-11(10)4-2;8-6-7-4-2-1-3-5-7/h8-9H,3-7H2,1-2H3;1-5H,6,8H2.